The minimum absolute atomic E-state index is 0.121. The highest BCUT2D eigenvalue weighted by molar-refractivity contribution is 7.09. The third kappa shape index (κ3) is 4.57. The second-order valence-electron chi connectivity index (χ2n) is 6.27. The lowest BCUT2D eigenvalue weighted by Gasteiger charge is -2.17. The summed E-state index contributed by atoms with van der Waals surface area (Å²) in [5.74, 6) is 0. The van der Waals surface area contributed by atoms with Crippen LogP contribution < -0.4 is 4.80 Å². The highest BCUT2D eigenvalue weighted by Crippen LogP contribution is 2.30. The Morgan fingerprint density at radius 2 is 2.04 bits per heavy atom. The van der Waals surface area contributed by atoms with Gasteiger partial charge in [0.25, 0.3) is 0 Å². The minimum atomic E-state index is -4.40. The van der Waals surface area contributed by atoms with Crippen molar-refractivity contribution in [3.8, 4) is 11.8 Å². The SMILES string of the molecule is Cc1cn(-c2ccc(C(F)(F)F)cc2)/c(=N/C(=O)N(CCC#N)C2CC2)s1. The molecule has 1 saturated carbocycles. The average Bonchev–Trinajstić information content (AvgIpc) is 3.37. The Labute approximate surface area is 158 Å². The molecule has 2 aromatic rings. The van der Waals surface area contributed by atoms with Gasteiger partial charge in [0.2, 0.25) is 0 Å². The van der Waals surface area contributed by atoms with Crippen molar-refractivity contribution in [2.45, 2.75) is 38.4 Å². The smallest absolute Gasteiger partial charge is 0.319 e. The number of thiazole rings is 1. The minimum Gasteiger partial charge on any atom is -0.319 e. The number of nitrogens with zero attached hydrogens (tertiary/aromatic N) is 4. The first-order chi connectivity index (χ1) is 12.8. The molecule has 2 amide bonds. The number of halogens is 3. The molecule has 0 atom stereocenters. The Bertz CT molecular complexity index is 933. The second-order valence-corrected chi connectivity index (χ2v) is 7.48. The number of aryl methyl sites for hydroxylation is 1. The van der Waals surface area contributed by atoms with Gasteiger partial charge >= 0.3 is 12.2 Å². The Kier molecular flexibility index (Phi) is 5.37. The fourth-order valence-electron chi connectivity index (χ4n) is 2.67. The van der Waals surface area contributed by atoms with Crippen LogP contribution in [0.3, 0.4) is 0 Å². The fourth-order valence-corrected chi connectivity index (χ4v) is 3.49. The van der Waals surface area contributed by atoms with Gasteiger partial charge < -0.3 is 4.90 Å². The molecule has 1 aromatic heterocycles. The van der Waals surface area contributed by atoms with Crippen LogP contribution >= 0.6 is 11.3 Å². The van der Waals surface area contributed by atoms with Gasteiger partial charge in [-0.1, -0.05) is 0 Å². The zero-order valence-electron chi connectivity index (χ0n) is 14.5. The zero-order chi connectivity index (χ0) is 19.6. The van der Waals surface area contributed by atoms with E-state index in [-0.39, 0.29) is 12.5 Å². The molecule has 0 spiro atoms. The monoisotopic (exact) mass is 394 g/mol. The Balaban J connectivity index is 1.92. The van der Waals surface area contributed by atoms with Crippen LogP contribution in [0.25, 0.3) is 5.69 Å². The Morgan fingerprint density at radius 1 is 1.37 bits per heavy atom. The zero-order valence-corrected chi connectivity index (χ0v) is 15.3. The van der Waals surface area contributed by atoms with Crippen LogP contribution in [0, 0.1) is 18.3 Å². The van der Waals surface area contributed by atoms with Crippen LogP contribution in [-0.2, 0) is 6.18 Å². The van der Waals surface area contributed by atoms with E-state index in [1.54, 1.807) is 15.7 Å². The summed E-state index contributed by atoms with van der Waals surface area (Å²) >= 11 is 1.28. The maximum Gasteiger partial charge on any atom is 0.416 e. The van der Waals surface area contributed by atoms with Crippen LogP contribution in [0.2, 0.25) is 0 Å². The van der Waals surface area contributed by atoms with Crippen molar-refractivity contribution in [2.24, 2.45) is 4.99 Å². The normalized spacial score (nSPS) is 14.9. The van der Waals surface area contributed by atoms with Crippen LogP contribution in [0.15, 0.2) is 35.5 Å². The van der Waals surface area contributed by atoms with Gasteiger partial charge in [-0.2, -0.15) is 23.4 Å². The maximum absolute atomic E-state index is 12.8. The van der Waals surface area contributed by atoms with E-state index in [1.807, 2.05) is 13.0 Å². The second kappa shape index (κ2) is 7.56. The number of hydrogen-bond acceptors (Lipinski definition) is 3. The molecule has 3 rings (SSSR count). The molecular formula is C18H17F3N4OS. The quantitative estimate of drug-likeness (QED) is 0.778. The molecule has 0 bridgehead atoms. The molecule has 0 saturated heterocycles. The van der Waals surface area contributed by atoms with Crippen molar-refractivity contribution in [3.63, 3.8) is 0 Å². The largest absolute Gasteiger partial charge is 0.416 e. The number of carbonyl (C=O) groups is 1. The van der Waals surface area contributed by atoms with Gasteiger partial charge in [0.15, 0.2) is 4.80 Å². The number of alkyl halides is 3. The predicted octanol–water partition coefficient (Wildman–Crippen LogP) is 4.26. The van der Waals surface area contributed by atoms with Crippen molar-refractivity contribution in [3.05, 3.63) is 45.7 Å². The summed E-state index contributed by atoms with van der Waals surface area (Å²) in [5.41, 5.74) is -0.237. The molecule has 0 radical (unpaired) electrons. The molecule has 1 fully saturated rings. The first-order valence-electron chi connectivity index (χ1n) is 8.38. The molecule has 9 heteroatoms. The number of aromatic nitrogens is 1. The summed E-state index contributed by atoms with van der Waals surface area (Å²) in [4.78, 5) is 19.6. The van der Waals surface area contributed by atoms with Gasteiger partial charge in [0, 0.05) is 29.3 Å². The average molecular weight is 394 g/mol. The third-order valence-corrected chi connectivity index (χ3v) is 5.03. The first-order valence-corrected chi connectivity index (χ1v) is 9.20. The molecule has 142 valence electrons. The van der Waals surface area contributed by atoms with E-state index >= 15 is 0 Å². The van der Waals surface area contributed by atoms with E-state index in [2.05, 4.69) is 4.99 Å². The number of nitriles is 1. The van der Waals surface area contributed by atoms with E-state index in [4.69, 9.17) is 5.26 Å². The molecule has 27 heavy (non-hydrogen) atoms. The van der Waals surface area contributed by atoms with Crippen molar-refractivity contribution in [1.82, 2.24) is 9.47 Å². The number of carbonyl (C=O) groups excluding carboxylic acids is 1. The van der Waals surface area contributed by atoms with Gasteiger partial charge in [0.05, 0.1) is 18.1 Å². The maximum atomic E-state index is 12.8. The molecule has 0 unspecified atom stereocenters. The highest BCUT2D eigenvalue weighted by Gasteiger charge is 2.32. The van der Waals surface area contributed by atoms with Gasteiger partial charge in [-0.25, -0.2) is 4.79 Å². The van der Waals surface area contributed by atoms with Gasteiger partial charge in [-0.3, -0.25) is 4.57 Å². The molecule has 1 aliphatic rings. The summed E-state index contributed by atoms with van der Waals surface area (Å²) in [6, 6.07) is 6.44. The summed E-state index contributed by atoms with van der Waals surface area (Å²) in [7, 11) is 0. The van der Waals surface area contributed by atoms with Crippen LogP contribution in [0.5, 0.6) is 0 Å². The Hall–Kier alpha value is -2.60. The standard InChI is InChI=1S/C18H17F3N4OS/c1-12-11-25(15-5-3-13(4-6-15)18(19,20)21)17(27-12)23-16(26)24(10-2-9-22)14-7-8-14/h3-6,11,14H,2,7-8,10H2,1H3/b23-17-. The summed E-state index contributed by atoms with van der Waals surface area (Å²) in [5, 5.41) is 8.76. The van der Waals surface area contributed by atoms with Crippen molar-refractivity contribution in [2.75, 3.05) is 6.54 Å². The summed E-state index contributed by atoms with van der Waals surface area (Å²) < 4.78 is 39.9. The lowest BCUT2D eigenvalue weighted by molar-refractivity contribution is -0.137. The van der Waals surface area contributed by atoms with Crippen LogP contribution in [0.4, 0.5) is 18.0 Å². The predicted molar refractivity (Wildman–Crippen MR) is 94.3 cm³/mol. The van der Waals surface area contributed by atoms with E-state index in [0.29, 0.717) is 17.0 Å². The molecule has 5 nitrogen and oxygen atoms in total. The van der Waals surface area contributed by atoms with Crippen molar-refractivity contribution >= 4 is 17.4 Å². The van der Waals surface area contributed by atoms with Gasteiger partial charge in [0.1, 0.15) is 0 Å². The molecule has 0 aliphatic heterocycles. The first kappa shape index (κ1) is 19.2. The number of urea groups is 1. The fraction of sp³-hybridized carbons (Fsp3) is 0.389. The Morgan fingerprint density at radius 3 is 2.59 bits per heavy atom. The summed E-state index contributed by atoms with van der Waals surface area (Å²) in [6.07, 6.45) is -0.636. The number of benzene rings is 1. The van der Waals surface area contributed by atoms with E-state index < -0.39 is 17.8 Å². The van der Waals surface area contributed by atoms with Crippen molar-refractivity contribution < 1.29 is 18.0 Å². The third-order valence-electron chi connectivity index (χ3n) is 4.13. The van der Waals surface area contributed by atoms with Gasteiger partial charge in [-0.15, -0.1) is 11.3 Å². The van der Waals surface area contributed by atoms with Crippen LogP contribution in [-0.4, -0.2) is 28.1 Å². The topological polar surface area (TPSA) is 61.4 Å². The number of hydrogen-bond donors (Lipinski definition) is 0. The molecule has 1 aliphatic carbocycles. The van der Waals surface area contributed by atoms with E-state index in [0.717, 1.165) is 29.9 Å². The van der Waals surface area contributed by atoms with Gasteiger partial charge in [-0.05, 0) is 44.0 Å². The highest BCUT2D eigenvalue weighted by atomic mass is 32.1. The van der Waals surface area contributed by atoms with E-state index in [9.17, 15) is 18.0 Å². The van der Waals surface area contributed by atoms with E-state index in [1.165, 1.54) is 23.5 Å². The molecule has 1 heterocycles. The molecule has 0 N–H and O–H groups in total. The van der Waals surface area contributed by atoms with Crippen molar-refractivity contribution in [1.29, 1.82) is 5.26 Å². The number of amides is 2. The summed E-state index contributed by atoms with van der Waals surface area (Å²) in [6.45, 7) is 2.16. The lowest BCUT2D eigenvalue weighted by Crippen LogP contribution is -2.33. The molecule has 1 aromatic carbocycles. The van der Waals surface area contributed by atoms with Crippen LogP contribution in [0.1, 0.15) is 29.7 Å². The number of rotatable bonds is 4. The lowest BCUT2D eigenvalue weighted by atomic mass is 10.2. The molecular weight excluding hydrogens is 377 g/mol.